The van der Waals surface area contributed by atoms with Gasteiger partial charge in [-0.05, 0) is 55.4 Å². The summed E-state index contributed by atoms with van der Waals surface area (Å²) in [5.74, 6) is 0.791. The van der Waals surface area contributed by atoms with Crippen LogP contribution in [0.5, 0.6) is 5.75 Å². The summed E-state index contributed by atoms with van der Waals surface area (Å²) in [5, 5.41) is 1.66. The maximum atomic E-state index is 11.8. The van der Waals surface area contributed by atoms with Gasteiger partial charge < -0.3 is 9.15 Å². The first-order valence-corrected chi connectivity index (χ1v) is 8.49. The summed E-state index contributed by atoms with van der Waals surface area (Å²) in [6.45, 7) is 3.91. The van der Waals surface area contributed by atoms with Gasteiger partial charge in [0, 0.05) is 29.6 Å². The van der Waals surface area contributed by atoms with Gasteiger partial charge in [-0.25, -0.2) is 4.79 Å². The third kappa shape index (κ3) is 4.62. The predicted molar refractivity (Wildman–Crippen MR) is 101 cm³/mol. The van der Waals surface area contributed by atoms with Crippen LogP contribution in [0.25, 0.3) is 11.0 Å². The molecule has 0 saturated heterocycles. The maximum absolute atomic E-state index is 11.8. The highest BCUT2D eigenvalue weighted by Gasteiger charge is 2.09. The fourth-order valence-corrected chi connectivity index (χ4v) is 2.81. The van der Waals surface area contributed by atoms with E-state index < -0.39 is 0 Å². The third-order valence-corrected chi connectivity index (χ3v) is 4.23. The highest BCUT2D eigenvalue weighted by Crippen LogP contribution is 2.20. The highest BCUT2D eigenvalue weighted by molar-refractivity contribution is 6.30. The monoisotopic (exact) mass is 357 g/mol. The van der Waals surface area contributed by atoms with Crippen molar-refractivity contribution < 1.29 is 9.15 Å². The number of ether oxygens (including phenoxy) is 1. The van der Waals surface area contributed by atoms with E-state index in [0.29, 0.717) is 23.8 Å². The minimum absolute atomic E-state index is 0.320. The first-order chi connectivity index (χ1) is 12.0. The van der Waals surface area contributed by atoms with Crippen molar-refractivity contribution in [1.29, 1.82) is 0 Å². The number of benzene rings is 2. The van der Waals surface area contributed by atoms with Gasteiger partial charge in [-0.3, -0.25) is 4.90 Å². The van der Waals surface area contributed by atoms with Crippen LogP contribution in [-0.4, -0.2) is 25.1 Å². The average molecular weight is 358 g/mol. The number of rotatable bonds is 6. The number of halogens is 1. The Bertz CT molecular complexity index is 918. The largest absolute Gasteiger partial charge is 0.492 e. The molecule has 0 bridgehead atoms. The van der Waals surface area contributed by atoms with Gasteiger partial charge in [-0.1, -0.05) is 23.7 Å². The van der Waals surface area contributed by atoms with E-state index in [4.69, 9.17) is 20.8 Å². The molecule has 25 heavy (non-hydrogen) atoms. The molecule has 4 nitrogen and oxygen atoms in total. The second kappa shape index (κ2) is 7.72. The molecular weight excluding hydrogens is 338 g/mol. The van der Waals surface area contributed by atoms with Crippen LogP contribution in [0.3, 0.4) is 0 Å². The van der Waals surface area contributed by atoms with Crippen LogP contribution in [0.2, 0.25) is 5.02 Å². The van der Waals surface area contributed by atoms with Crippen LogP contribution >= 0.6 is 11.6 Å². The molecule has 1 heterocycles. The molecule has 130 valence electrons. The molecule has 0 aliphatic rings. The van der Waals surface area contributed by atoms with Crippen molar-refractivity contribution in [2.45, 2.75) is 13.5 Å². The van der Waals surface area contributed by atoms with Crippen LogP contribution in [0.4, 0.5) is 0 Å². The Kier molecular flexibility index (Phi) is 5.41. The van der Waals surface area contributed by atoms with Crippen LogP contribution in [0.1, 0.15) is 11.1 Å². The zero-order valence-electron chi connectivity index (χ0n) is 14.3. The molecule has 0 atom stereocenters. The van der Waals surface area contributed by atoms with E-state index in [9.17, 15) is 4.79 Å². The molecule has 0 aliphatic heterocycles. The second-order valence-corrected chi connectivity index (χ2v) is 6.57. The summed E-state index contributed by atoms with van der Waals surface area (Å²) >= 11 is 5.86. The molecule has 3 rings (SSSR count). The van der Waals surface area contributed by atoms with E-state index in [2.05, 4.69) is 4.90 Å². The number of hydrogen-bond donors (Lipinski definition) is 0. The normalized spacial score (nSPS) is 11.2. The van der Waals surface area contributed by atoms with Crippen LogP contribution in [0.15, 0.2) is 57.7 Å². The molecule has 3 aromatic rings. The Morgan fingerprint density at radius 1 is 1.12 bits per heavy atom. The summed E-state index contributed by atoms with van der Waals surface area (Å²) < 4.78 is 11.0. The lowest BCUT2D eigenvalue weighted by atomic mass is 10.1. The number of aryl methyl sites for hydroxylation is 1. The molecule has 0 radical (unpaired) electrons. The van der Waals surface area contributed by atoms with Gasteiger partial charge >= 0.3 is 5.63 Å². The molecule has 0 N–H and O–H groups in total. The Morgan fingerprint density at radius 2 is 1.88 bits per heavy atom. The SMILES string of the molecule is Cc1ccc2c(CN(C)CCOc3ccc(Cl)cc3)cc(=O)oc2c1. The van der Waals surface area contributed by atoms with Gasteiger partial charge in [-0.15, -0.1) is 0 Å². The standard InChI is InChI=1S/C20H20ClNO3/c1-14-3-8-18-15(12-20(23)25-19(18)11-14)13-22(2)9-10-24-17-6-4-16(21)5-7-17/h3-8,11-12H,9-10,13H2,1-2H3. The Morgan fingerprint density at radius 3 is 2.64 bits per heavy atom. The third-order valence-electron chi connectivity index (χ3n) is 3.98. The molecule has 0 unspecified atom stereocenters. The minimum atomic E-state index is -0.320. The smallest absolute Gasteiger partial charge is 0.336 e. The fourth-order valence-electron chi connectivity index (χ4n) is 2.69. The van der Waals surface area contributed by atoms with Crippen molar-refractivity contribution in [2.24, 2.45) is 0 Å². The van der Waals surface area contributed by atoms with Gasteiger partial charge in [0.25, 0.3) is 0 Å². The topological polar surface area (TPSA) is 42.7 Å². The number of likely N-dealkylation sites (N-methyl/N-ethyl adjacent to an activating group) is 1. The Hall–Kier alpha value is -2.30. The van der Waals surface area contributed by atoms with Gasteiger partial charge in [0.2, 0.25) is 0 Å². The van der Waals surface area contributed by atoms with Gasteiger partial charge in [0.1, 0.15) is 17.9 Å². The van der Waals surface area contributed by atoms with E-state index in [1.165, 1.54) is 0 Å². The van der Waals surface area contributed by atoms with E-state index >= 15 is 0 Å². The number of hydrogen-bond acceptors (Lipinski definition) is 4. The predicted octanol–water partition coefficient (Wildman–Crippen LogP) is 4.27. The summed E-state index contributed by atoms with van der Waals surface area (Å²) in [5.41, 5.74) is 2.34. The van der Waals surface area contributed by atoms with Crippen molar-refractivity contribution in [3.8, 4) is 5.75 Å². The van der Waals surface area contributed by atoms with Crippen LogP contribution < -0.4 is 10.4 Å². The summed E-state index contributed by atoms with van der Waals surface area (Å²) in [6.07, 6.45) is 0. The lowest BCUT2D eigenvalue weighted by Crippen LogP contribution is -2.24. The lowest BCUT2D eigenvalue weighted by Gasteiger charge is -2.18. The molecular formula is C20H20ClNO3. The highest BCUT2D eigenvalue weighted by atomic mass is 35.5. The Balaban J connectivity index is 1.64. The second-order valence-electron chi connectivity index (χ2n) is 6.13. The minimum Gasteiger partial charge on any atom is -0.492 e. The molecule has 0 spiro atoms. The molecule has 2 aromatic carbocycles. The van der Waals surface area contributed by atoms with Gasteiger partial charge in [0.15, 0.2) is 0 Å². The van der Waals surface area contributed by atoms with E-state index in [1.54, 1.807) is 18.2 Å². The van der Waals surface area contributed by atoms with E-state index in [1.807, 2.05) is 44.3 Å². The molecule has 0 saturated carbocycles. The first kappa shape index (κ1) is 17.5. The zero-order chi connectivity index (χ0) is 17.8. The molecule has 0 amide bonds. The maximum Gasteiger partial charge on any atom is 0.336 e. The van der Waals surface area contributed by atoms with E-state index in [-0.39, 0.29) is 5.63 Å². The quantitative estimate of drug-likeness (QED) is 0.618. The van der Waals surface area contributed by atoms with Crippen LogP contribution in [-0.2, 0) is 6.54 Å². The van der Waals surface area contributed by atoms with Crippen molar-refractivity contribution in [1.82, 2.24) is 4.90 Å². The average Bonchev–Trinajstić information content (AvgIpc) is 2.56. The first-order valence-electron chi connectivity index (χ1n) is 8.11. The Labute approximate surface area is 151 Å². The summed E-state index contributed by atoms with van der Waals surface area (Å²) in [4.78, 5) is 13.9. The van der Waals surface area contributed by atoms with Crippen LogP contribution in [0, 0.1) is 6.92 Å². The summed E-state index contributed by atoms with van der Waals surface area (Å²) in [6, 6.07) is 14.8. The molecule has 0 fully saturated rings. The lowest BCUT2D eigenvalue weighted by molar-refractivity contribution is 0.233. The molecule has 5 heteroatoms. The van der Waals surface area contributed by atoms with Gasteiger partial charge in [-0.2, -0.15) is 0 Å². The zero-order valence-corrected chi connectivity index (χ0v) is 15.0. The number of nitrogens with zero attached hydrogens (tertiary/aromatic N) is 1. The molecule has 0 aliphatic carbocycles. The summed E-state index contributed by atoms with van der Waals surface area (Å²) in [7, 11) is 2.00. The van der Waals surface area contributed by atoms with Crippen molar-refractivity contribution in [3.05, 3.63) is 75.1 Å². The van der Waals surface area contributed by atoms with E-state index in [0.717, 1.165) is 28.8 Å². The van der Waals surface area contributed by atoms with Gasteiger partial charge in [0.05, 0.1) is 0 Å². The van der Waals surface area contributed by atoms with Crippen molar-refractivity contribution in [3.63, 3.8) is 0 Å². The number of fused-ring (bicyclic) bond motifs is 1. The van der Waals surface area contributed by atoms with Crippen molar-refractivity contribution in [2.75, 3.05) is 20.2 Å². The fraction of sp³-hybridized carbons (Fsp3) is 0.250. The molecule has 1 aromatic heterocycles. The van der Waals surface area contributed by atoms with Crippen molar-refractivity contribution >= 4 is 22.6 Å².